The molecule has 1 saturated carbocycles. The highest BCUT2D eigenvalue weighted by Gasteiger charge is 2.25. The highest BCUT2D eigenvalue weighted by atomic mass is 35.5. The first-order valence-electron chi connectivity index (χ1n) is 7.08. The summed E-state index contributed by atoms with van der Waals surface area (Å²) in [6, 6.07) is 3.85. The Balaban J connectivity index is 1.57. The molecule has 20 heavy (non-hydrogen) atoms. The molecule has 3 rings (SSSR count). The summed E-state index contributed by atoms with van der Waals surface area (Å²) in [5.74, 6) is 0.849. The second-order valence-electron chi connectivity index (χ2n) is 5.41. The molecule has 2 aliphatic rings. The molecule has 1 aromatic rings. The van der Waals surface area contributed by atoms with Crippen LogP contribution < -0.4 is 10.2 Å². The quantitative estimate of drug-likeness (QED) is 0.871. The summed E-state index contributed by atoms with van der Waals surface area (Å²) < 4.78 is 0. The summed E-state index contributed by atoms with van der Waals surface area (Å²) in [5, 5.41) is 3.73. The number of halogens is 1. The SMILES string of the molecule is O=C(C=C1CCC1)NC1CCN(c2ncccc2Cl)C1. The monoisotopic (exact) mass is 291 g/mol. The molecule has 1 amide bonds. The van der Waals surface area contributed by atoms with Gasteiger partial charge < -0.3 is 10.2 Å². The van der Waals surface area contributed by atoms with E-state index in [1.54, 1.807) is 12.3 Å². The molecule has 1 aliphatic carbocycles. The maximum absolute atomic E-state index is 11.9. The van der Waals surface area contributed by atoms with Crippen LogP contribution in [0.4, 0.5) is 5.82 Å². The number of hydrogen-bond donors (Lipinski definition) is 1. The summed E-state index contributed by atoms with van der Waals surface area (Å²) in [7, 11) is 0. The van der Waals surface area contributed by atoms with E-state index >= 15 is 0 Å². The number of aromatic nitrogens is 1. The first kappa shape index (κ1) is 13.4. The van der Waals surface area contributed by atoms with Crippen molar-refractivity contribution in [3.63, 3.8) is 0 Å². The summed E-state index contributed by atoms with van der Waals surface area (Å²) in [6.45, 7) is 1.64. The van der Waals surface area contributed by atoms with Gasteiger partial charge in [0.1, 0.15) is 5.82 Å². The number of nitrogens with zero attached hydrogens (tertiary/aromatic N) is 2. The van der Waals surface area contributed by atoms with E-state index < -0.39 is 0 Å². The molecule has 1 aromatic heterocycles. The van der Waals surface area contributed by atoms with Crippen LogP contribution in [0.25, 0.3) is 0 Å². The summed E-state index contributed by atoms with van der Waals surface area (Å²) in [5.41, 5.74) is 1.27. The van der Waals surface area contributed by atoms with Crippen molar-refractivity contribution in [1.29, 1.82) is 0 Å². The van der Waals surface area contributed by atoms with Crippen molar-refractivity contribution in [2.45, 2.75) is 31.7 Å². The Bertz CT molecular complexity index is 538. The van der Waals surface area contributed by atoms with Gasteiger partial charge in [-0.2, -0.15) is 0 Å². The minimum atomic E-state index is 0.0404. The molecular weight excluding hydrogens is 274 g/mol. The second kappa shape index (κ2) is 5.83. The van der Waals surface area contributed by atoms with Gasteiger partial charge in [0, 0.05) is 31.4 Å². The van der Waals surface area contributed by atoms with E-state index in [0.717, 1.165) is 38.2 Å². The van der Waals surface area contributed by atoms with Crippen molar-refractivity contribution in [2.75, 3.05) is 18.0 Å². The van der Waals surface area contributed by atoms with Crippen LogP contribution in [-0.4, -0.2) is 30.0 Å². The van der Waals surface area contributed by atoms with Gasteiger partial charge >= 0.3 is 0 Å². The van der Waals surface area contributed by atoms with Gasteiger partial charge in [0.25, 0.3) is 0 Å². The maximum Gasteiger partial charge on any atom is 0.244 e. The van der Waals surface area contributed by atoms with Crippen molar-refractivity contribution in [3.05, 3.63) is 35.0 Å². The normalized spacial score (nSPS) is 21.6. The molecule has 4 nitrogen and oxygen atoms in total. The Labute approximate surface area is 123 Å². The van der Waals surface area contributed by atoms with E-state index in [1.807, 2.05) is 12.1 Å². The van der Waals surface area contributed by atoms with E-state index in [9.17, 15) is 4.79 Å². The summed E-state index contributed by atoms with van der Waals surface area (Å²) in [4.78, 5) is 18.3. The molecule has 2 heterocycles. The highest BCUT2D eigenvalue weighted by molar-refractivity contribution is 6.32. The van der Waals surface area contributed by atoms with E-state index in [-0.39, 0.29) is 11.9 Å². The van der Waals surface area contributed by atoms with Gasteiger partial charge in [0.05, 0.1) is 5.02 Å². The van der Waals surface area contributed by atoms with E-state index in [4.69, 9.17) is 11.6 Å². The summed E-state index contributed by atoms with van der Waals surface area (Å²) >= 11 is 6.15. The molecule has 0 bridgehead atoms. The average molecular weight is 292 g/mol. The van der Waals surface area contributed by atoms with Crippen molar-refractivity contribution < 1.29 is 4.79 Å². The van der Waals surface area contributed by atoms with Crippen LogP contribution in [-0.2, 0) is 4.79 Å². The molecule has 0 aromatic carbocycles. The number of rotatable bonds is 3. The third-order valence-corrected chi connectivity index (χ3v) is 4.20. The molecule has 2 fully saturated rings. The largest absolute Gasteiger partial charge is 0.353 e. The van der Waals surface area contributed by atoms with Crippen molar-refractivity contribution >= 4 is 23.3 Å². The van der Waals surface area contributed by atoms with Crippen LogP contribution in [0.5, 0.6) is 0 Å². The highest BCUT2D eigenvalue weighted by Crippen LogP contribution is 2.26. The molecule has 1 atom stereocenters. The average Bonchev–Trinajstić information content (AvgIpc) is 2.83. The third kappa shape index (κ3) is 2.96. The fraction of sp³-hybridized carbons (Fsp3) is 0.467. The zero-order valence-electron chi connectivity index (χ0n) is 11.3. The zero-order valence-corrected chi connectivity index (χ0v) is 12.1. The maximum atomic E-state index is 11.9. The second-order valence-corrected chi connectivity index (χ2v) is 5.81. The Morgan fingerprint density at radius 2 is 2.35 bits per heavy atom. The molecule has 5 heteroatoms. The predicted molar refractivity (Wildman–Crippen MR) is 79.9 cm³/mol. The fourth-order valence-electron chi connectivity index (χ4n) is 2.63. The molecule has 106 valence electrons. The van der Waals surface area contributed by atoms with E-state index in [1.165, 1.54) is 12.0 Å². The third-order valence-electron chi connectivity index (χ3n) is 3.90. The Hall–Kier alpha value is -1.55. The van der Waals surface area contributed by atoms with Crippen LogP contribution >= 0.6 is 11.6 Å². The van der Waals surface area contributed by atoms with Gasteiger partial charge in [-0.3, -0.25) is 4.79 Å². The minimum Gasteiger partial charge on any atom is -0.353 e. The lowest BCUT2D eigenvalue weighted by atomic mass is 9.92. The van der Waals surface area contributed by atoms with Gasteiger partial charge in [-0.25, -0.2) is 4.98 Å². The molecule has 1 aliphatic heterocycles. The van der Waals surface area contributed by atoms with Gasteiger partial charge in [-0.1, -0.05) is 17.2 Å². The van der Waals surface area contributed by atoms with Gasteiger partial charge in [-0.15, -0.1) is 0 Å². The molecule has 0 radical (unpaired) electrons. The predicted octanol–water partition coefficient (Wildman–Crippen LogP) is 2.54. The van der Waals surface area contributed by atoms with E-state index in [0.29, 0.717) is 5.02 Å². The standard InChI is InChI=1S/C15H18ClN3O/c16-13-5-2-7-17-15(13)19-8-6-12(10-19)18-14(20)9-11-3-1-4-11/h2,5,7,9,12H,1,3-4,6,8,10H2,(H,18,20). The van der Waals surface area contributed by atoms with Crippen LogP contribution in [0.2, 0.25) is 5.02 Å². The number of nitrogens with one attached hydrogen (secondary N) is 1. The lowest BCUT2D eigenvalue weighted by molar-refractivity contribution is -0.117. The van der Waals surface area contributed by atoms with E-state index in [2.05, 4.69) is 15.2 Å². The lowest BCUT2D eigenvalue weighted by Gasteiger charge is -2.19. The molecule has 1 saturated heterocycles. The Kier molecular flexibility index (Phi) is 3.92. The number of pyridine rings is 1. The van der Waals surface area contributed by atoms with Crippen LogP contribution in [0.15, 0.2) is 30.0 Å². The van der Waals surface area contributed by atoms with Gasteiger partial charge in [0.15, 0.2) is 0 Å². The lowest BCUT2D eigenvalue weighted by Crippen LogP contribution is -2.36. The fourth-order valence-corrected chi connectivity index (χ4v) is 2.88. The number of allylic oxidation sites excluding steroid dienone is 1. The number of carbonyl (C=O) groups excluding carboxylic acids is 1. The first-order chi connectivity index (χ1) is 9.72. The Morgan fingerprint density at radius 3 is 3.05 bits per heavy atom. The molecule has 1 N–H and O–H groups in total. The number of anilines is 1. The van der Waals surface area contributed by atoms with Gasteiger partial charge in [-0.05, 0) is 37.8 Å². The van der Waals surface area contributed by atoms with Crippen LogP contribution in [0, 0.1) is 0 Å². The molecule has 1 unspecified atom stereocenters. The van der Waals surface area contributed by atoms with Crippen molar-refractivity contribution in [3.8, 4) is 0 Å². The first-order valence-corrected chi connectivity index (χ1v) is 7.45. The number of amides is 1. The Morgan fingerprint density at radius 1 is 1.50 bits per heavy atom. The van der Waals surface area contributed by atoms with Crippen molar-refractivity contribution in [2.24, 2.45) is 0 Å². The van der Waals surface area contributed by atoms with Gasteiger partial charge in [0.2, 0.25) is 5.91 Å². The summed E-state index contributed by atoms with van der Waals surface area (Å²) in [6.07, 6.45) is 7.81. The molecular formula is C15H18ClN3O. The number of carbonyl (C=O) groups is 1. The van der Waals surface area contributed by atoms with Crippen LogP contribution in [0.1, 0.15) is 25.7 Å². The molecule has 0 spiro atoms. The smallest absolute Gasteiger partial charge is 0.244 e. The van der Waals surface area contributed by atoms with Crippen molar-refractivity contribution in [1.82, 2.24) is 10.3 Å². The number of hydrogen-bond acceptors (Lipinski definition) is 3. The minimum absolute atomic E-state index is 0.0404. The zero-order chi connectivity index (χ0) is 13.9. The topological polar surface area (TPSA) is 45.2 Å². The van der Waals surface area contributed by atoms with Crippen LogP contribution in [0.3, 0.4) is 0 Å².